The summed E-state index contributed by atoms with van der Waals surface area (Å²) in [5.74, 6) is 0. The van der Waals surface area contributed by atoms with Gasteiger partial charge in [-0.15, -0.1) is 0 Å². The normalized spacial score (nSPS) is 11.5. The van der Waals surface area contributed by atoms with Crippen LogP contribution in [0.25, 0.3) is 5.57 Å². The monoisotopic (exact) mass is 772 g/mol. The zero-order valence-electron chi connectivity index (χ0n) is 33.9. The van der Waals surface area contributed by atoms with Crippen LogP contribution in [0.1, 0.15) is 77.6 Å². The largest absolute Gasteiger partial charge is 0.377 e. The van der Waals surface area contributed by atoms with E-state index in [0.29, 0.717) is 0 Å². The second-order valence-electron chi connectivity index (χ2n) is 13.0. The number of nitrogens with zero attached hydrogens (tertiary/aromatic N) is 4. The van der Waals surface area contributed by atoms with Crippen molar-refractivity contribution in [2.45, 2.75) is 61.0 Å². The summed E-state index contributed by atoms with van der Waals surface area (Å²) in [5.41, 5.74) is 8.48. The van der Waals surface area contributed by atoms with Crippen molar-refractivity contribution in [2.75, 3.05) is 72.0 Å². The summed E-state index contributed by atoms with van der Waals surface area (Å²) in [6.45, 7) is 25.1. The lowest BCUT2D eigenvalue weighted by Crippen LogP contribution is -2.58. The molecule has 10 heteroatoms. The smallest absolute Gasteiger partial charge is 0.133 e. The van der Waals surface area contributed by atoms with Crippen molar-refractivity contribution in [3.8, 4) is 0 Å². The van der Waals surface area contributed by atoms with Crippen molar-refractivity contribution in [3.63, 3.8) is 0 Å². The van der Waals surface area contributed by atoms with E-state index in [9.17, 15) is 5.11 Å². The van der Waals surface area contributed by atoms with Crippen LogP contribution < -0.4 is 33.6 Å². The number of hydrogen-bond donors (Lipinski definition) is 2. The third-order valence-electron chi connectivity index (χ3n) is 10.1. The summed E-state index contributed by atoms with van der Waals surface area (Å²) in [5, 5.41) is 12.6. The third kappa shape index (κ3) is 12.6. The number of benzene rings is 4. The molecule has 0 atom stereocenters. The first-order chi connectivity index (χ1) is 26.3. The Morgan fingerprint density at radius 3 is 0.964 bits per heavy atom. The minimum absolute atomic E-state index is 0.836. The van der Waals surface area contributed by atoms with Crippen molar-refractivity contribution in [1.29, 1.82) is 0 Å². The van der Waals surface area contributed by atoms with Gasteiger partial charge in [-0.25, -0.2) is 0 Å². The van der Waals surface area contributed by atoms with Gasteiger partial charge in [-0.3, -0.25) is 0 Å². The first-order valence-electron chi connectivity index (χ1n) is 19.5. The molecule has 298 valence electrons. The number of rotatable bonds is 18. The van der Waals surface area contributed by atoms with Gasteiger partial charge in [-0.05, 0) is 138 Å². The Bertz CT molecular complexity index is 1620. The van der Waals surface area contributed by atoms with Gasteiger partial charge in [-0.1, -0.05) is 60.7 Å². The molecule has 0 saturated carbocycles. The second kappa shape index (κ2) is 21.7. The van der Waals surface area contributed by atoms with Crippen LogP contribution >= 0.6 is 0 Å². The van der Waals surface area contributed by atoms with Crippen LogP contribution in [0.2, 0.25) is 0 Å². The molecule has 0 fully saturated rings. The highest BCUT2D eigenvalue weighted by Crippen LogP contribution is 2.35. The van der Waals surface area contributed by atoms with Crippen LogP contribution in [0.4, 0.5) is 22.7 Å². The number of halogens is 1. The Balaban J connectivity index is 0.00000152. The van der Waals surface area contributed by atoms with Crippen LogP contribution in [0.5, 0.6) is 0 Å². The first kappa shape index (κ1) is 45.0. The summed E-state index contributed by atoms with van der Waals surface area (Å²) < 4.78 is 32.7. The molecule has 0 heterocycles. The van der Waals surface area contributed by atoms with Gasteiger partial charge in [0.2, 0.25) is 0 Å². The second-order valence-corrected chi connectivity index (χ2v) is 13.8. The van der Waals surface area contributed by atoms with Crippen LogP contribution in [0.3, 0.4) is 0 Å². The number of anilines is 4. The SMILES string of the molecule is CCN(CC)c1ccc(C(=CC=CC(O)(c2ccc(N(CC)CC)cc2)c2ccc(N(CC)CC)cc2)c2ccc(N(CC)CC)cc2)cc1.[O-][Cl+3]([O-])([O-])O. The fraction of sp³-hybridized carbons (Fsp3) is 0.378. The van der Waals surface area contributed by atoms with E-state index in [4.69, 9.17) is 18.6 Å². The molecule has 4 aromatic carbocycles. The topological polar surface area (TPSA) is 123 Å². The molecule has 0 unspecified atom stereocenters. The minimum atomic E-state index is -4.69. The van der Waals surface area contributed by atoms with Crippen LogP contribution in [0.15, 0.2) is 115 Å². The molecule has 4 rings (SSSR count). The quantitative estimate of drug-likeness (QED) is 0.120. The molecule has 0 bridgehead atoms. The van der Waals surface area contributed by atoms with Gasteiger partial charge in [0.1, 0.15) is 5.60 Å². The fourth-order valence-electron chi connectivity index (χ4n) is 6.91. The Morgan fingerprint density at radius 1 is 0.491 bits per heavy atom. The Kier molecular flexibility index (Phi) is 17.7. The number of allylic oxidation sites excluding steroid dienone is 2. The van der Waals surface area contributed by atoms with Gasteiger partial charge < -0.3 is 24.7 Å². The average molecular weight is 773 g/mol. The zero-order valence-corrected chi connectivity index (χ0v) is 34.7. The maximum Gasteiger partial charge on any atom is 0.133 e. The Labute approximate surface area is 331 Å². The predicted molar refractivity (Wildman–Crippen MR) is 221 cm³/mol. The molecule has 0 amide bonds. The summed E-state index contributed by atoms with van der Waals surface area (Å²) in [7, 11) is -4.69. The summed E-state index contributed by atoms with van der Waals surface area (Å²) in [4.78, 5) is 9.37. The fourth-order valence-corrected chi connectivity index (χ4v) is 6.91. The van der Waals surface area contributed by atoms with Gasteiger partial charge in [-0.2, -0.15) is 14.0 Å². The molecule has 0 radical (unpaired) electrons. The highest BCUT2D eigenvalue weighted by molar-refractivity contribution is 5.82. The summed E-state index contributed by atoms with van der Waals surface area (Å²) >= 11 is 0. The Morgan fingerprint density at radius 2 is 0.727 bits per heavy atom. The van der Waals surface area contributed by atoms with Crippen molar-refractivity contribution in [3.05, 3.63) is 138 Å². The third-order valence-corrected chi connectivity index (χ3v) is 10.1. The lowest BCUT2D eigenvalue weighted by atomic mass is 9.85. The van der Waals surface area contributed by atoms with Crippen LogP contribution in [0, 0.1) is 10.2 Å². The highest BCUT2D eigenvalue weighted by atomic mass is 35.7. The van der Waals surface area contributed by atoms with E-state index in [1.807, 2.05) is 12.2 Å². The van der Waals surface area contributed by atoms with E-state index < -0.39 is 15.8 Å². The van der Waals surface area contributed by atoms with Gasteiger partial charge in [0.25, 0.3) is 0 Å². The van der Waals surface area contributed by atoms with E-state index in [0.717, 1.165) is 91.6 Å². The number of hydrogen-bond acceptors (Lipinski definition) is 9. The highest BCUT2D eigenvalue weighted by Gasteiger charge is 2.29. The molecule has 0 aliphatic carbocycles. The summed E-state index contributed by atoms with van der Waals surface area (Å²) in [6, 6.07) is 34.5. The van der Waals surface area contributed by atoms with E-state index in [1.165, 1.54) is 11.4 Å². The van der Waals surface area contributed by atoms with Gasteiger partial charge in [0.15, 0.2) is 0 Å². The van der Waals surface area contributed by atoms with Gasteiger partial charge >= 0.3 is 0 Å². The first-order valence-corrected chi connectivity index (χ1v) is 20.7. The van der Waals surface area contributed by atoms with Crippen molar-refractivity contribution in [1.82, 2.24) is 0 Å². The summed E-state index contributed by atoms with van der Waals surface area (Å²) in [6.07, 6.45) is 6.13. The lowest BCUT2D eigenvalue weighted by Gasteiger charge is -2.29. The van der Waals surface area contributed by atoms with E-state index >= 15 is 0 Å². The average Bonchev–Trinajstić information content (AvgIpc) is 3.19. The molecule has 55 heavy (non-hydrogen) atoms. The zero-order chi connectivity index (χ0) is 40.6. The van der Waals surface area contributed by atoms with E-state index in [1.54, 1.807) is 0 Å². The molecule has 4 aromatic rings. The molecule has 0 aliphatic heterocycles. The van der Waals surface area contributed by atoms with Crippen molar-refractivity contribution < 1.29 is 34.0 Å². The van der Waals surface area contributed by atoms with E-state index in [-0.39, 0.29) is 0 Å². The molecule has 0 aromatic heterocycles. The maximum absolute atomic E-state index is 12.6. The molecule has 9 nitrogen and oxygen atoms in total. The van der Waals surface area contributed by atoms with E-state index in [2.05, 4.69) is 178 Å². The molecular formula is C45H61ClN4O5. The van der Waals surface area contributed by atoms with Crippen molar-refractivity contribution in [2.24, 2.45) is 0 Å². The maximum atomic E-state index is 12.6. The van der Waals surface area contributed by atoms with Crippen molar-refractivity contribution >= 4 is 28.3 Å². The number of aliphatic hydroxyl groups is 1. The van der Waals surface area contributed by atoms with Gasteiger partial charge in [0, 0.05) is 75.1 Å². The minimum Gasteiger partial charge on any atom is -0.377 e. The molecule has 0 spiro atoms. The van der Waals surface area contributed by atoms with Crippen LogP contribution in [-0.2, 0) is 5.60 Å². The lowest BCUT2D eigenvalue weighted by molar-refractivity contribution is -1.92. The molecular weight excluding hydrogens is 712 g/mol. The van der Waals surface area contributed by atoms with Crippen LogP contribution in [-0.4, -0.2) is 62.1 Å². The predicted octanol–water partition coefficient (Wildman–Crippen LogP) is 5.87. The Hall–Kier alpha value is -4.35. The molecule has 0 saturated heterocycles. The molecule has 2 N–H and O–H groups in total. The standard InChI is InChI=1S/C45H60N4O.ClHO4/c1-9-46(10-2)40-27-19-36(20-28-40)44(37-21-29-41(30-22-37)47(11-3)12-4)18-17-35-45(50,38-23-31-42(32-24-38)48(13-5)14-6)39-25-33-43(34-26-39)49(15-7)16-8;2-1(3,4)5/h17-35,50H,9-16H2,1-8H3;(H,2,3,4,5). The van der Waals surface area contributed by atoms with Gasteiger partial charge in [0.05, 0.1) is 14.9 Å². The molecule has 0 aliphatic rings.